The Morgan fingerprint density at radius 2 is 1.69 bits per heavy atom. The highest BCUT2D eigenvalue weighted by molar-refractivity contribution is 7.99. The number of ether oxygens (including phenoxy) is 2. The smallest absolute Gasteiger partial charge is 0.341 e. The number of hydrogen-bond acceptors (Lipinski definition) is 4. The van der Waals surface area contributed by atoms with Crippen LogP contribution < -0.4 is 0 Å². The van der Waals surface area contributed by atoms with Crippen LogP contribution in [0.15, 0.2) is 58.0 Å². The first-order chi connectivity index (χ1) is 13.8. The Hall–Kier alpha value is -1.85. The van der Waals surface area contributed by atoms with E-state index in [2.05, 4.69) is 45.9 Å². The van der Waals surface area contributed by atoms with Crippen molar-refractivity contribution in [3.63, 3.8) is 0 Å². The fourth-order valence-electron chi connectivity index (χ4n) is 2.59. The van der Waals surface area contributed by atoms with E-state index in [1.54, 1.807) is 6.07 Å². The number of benzene rings is 1. The van der Waals surface area contributed by atoms with Gasteiger partial charge in [0.1, 0.15) is 5.82 Å². The number of rotatable bonds is 12. The van der Waals surface area contributed by atoms with Gasteiger partial charge in [-0.1, -0.05) is 34.9 Å². The maximum Gasteiger partial charge on any atom is 0.341 e. The summed E-state index contributed by atoms with van der Waals surface area (Å²) in [6.07, 6.45) is 11.0. The molecule has 3 nitrogen and oxygen atoms in total. The van der Waals surface area contributed by atoms with E-state index in [0.717, 1.165) is 25.7 Å². The van der Waals surface area contributed by atoms with Crippen LogP contribution in [0.3, 0.4) is 0 Å². The molecule has 0 N–H and O–H groups in total. The van der Waals surface area contributed by atoms with Crippen molar-refractivity contribution in [2.75, 3.05) is 19.7 Å². The maximum atomic E-state index is 13.5. The summed E-state index contributed by atoms with van der Waals surface area (Å²) in [7, 11) is 1.43. The number of esters is 1. The summed E-state index contributed by atoms with van der Waals surface area (Å²) in [6, 6.07) is 4.18. The third-order valence-corrected chi connectivity index (χ3v) is 5.26. The minimum atomic E-state index is -0.580. The van der Waals surface area contributed by atoms with Gasteiger partial charge < -0.3 is 9.47 Å². The zero-order chi connectivity index (χ0) is 21.6. The Balaban J connectivity index is 2.53. The number of methoxy groups -OCH3 is 1. The number of allylic oxidation sites excluding steroid dienone is 5. The highest BCUT2D eigenvalue weighted by Gasteiger charge is 2.14. The van der Waals surface area contributed by atoms with Crippen molar-refractivity contribution in [1.29, 1.82) is 0 Å². The normalized spacial score (nSPS) is 12.1. The van der Waals surface area contributed by atoms with E-state index in [0.29, 0.717) is 10.6 Å². The molecule has 0 fully saturated rings. The molecular formula is C24H33FO3S. The summed E-state index contributed by atoms with van der Waals surface area (Å²) in [4.78, 5) is 12.8. The summed E-state index contributed by atoms with van der Waals surface area (Å²) < 4.78 is 23.2. The van der Waals surface area contributed by atoms with Gasteiger partial charge in [-0.3, -0.25) is 0 Å². The molecule has 0 spiro atoms. The van der Waals surface area contributed by atoms with Crippen molar-refractivity contribution in [2.45, 2.75) is 58.3 Å². The van der Waals surface area contributed by atoms with Crippen molar-refractivity contribution in [1.82, 2.24) is 0 Å². The van der Waals surface area contributed by atoms with Crippen LogP contribution in [-0.2, 0) is 9.47 Å². The van der Waals surface area contributed by atoms with Gasteiger partial charge in [0.05, 0.1) is 5.56 Å². The number of carbonyl (C=O) groups is 1. The summed E-state index contributed by atoms with van der Waals surface area (Å²) in [5.74, 6) is -0.328. The first kappa shape index (κ1) is 25.2. The topological polar surface area (TPSA) is 35.5 Å². The van der Waals surface area contributed by atoms with Gasteiger partial charge in [-0.2, -0.15) is 0 Å². The SMILES string of the molecule is COCOC(=O)c1cc(F)ccc1SC/C=C(\C)CC/C=C(\C)CCC=C(C)C. The minimum absolute atomic E-state index is 0.153. The zero-order valence-electron chi connectivity index (χ0n) is 18.2. The van der Waals surface area contributed by atoms with Crippen LogP contribution in [0, 0.1) is 5.82 Å². The third-order valence-electron chi connectivity index (χ3n) is 4.26. The Bertz CT molecular complexity index is 746. The molecule has 0 radical (unpaired) electrons. The first-order valence-corrected chi connectivity index (χ1v) is 10.8. The molecule has 0 heterocycles. The molecule has 0 unspecified atom stereocenters. The molecule has 29 heavy (non-hydrogen) atoms. The molecule has 0 atom stereocenters. The lowest BCUT2D eigenvalue weighted by molar-refractivity contribution is -0.0128. The molecule has 0 aliphatic carbocycles. The standard InChI is InChI=1S/C24H33FO3S/c1-18(2)8-6-9-19(3)10-7-11-20(4)14-15-29-23-13-12-21(25)16-22(23)24(26)28-17-27-5/h8,10,12-14,16H,6-7,9,11,15,17H2,1-5H3/b19-10+,20-14+. The number of halogens is 1. The second-order valence-corrected chi connectivity index (χ2v) is 8.31. The Kier molecular flexibility index (Phi) is 12.3. The highest BCUT2D eigenvalue weighted by atomic mass is 32.2. The van der Waals surface area contributed by atoms with Gasteiger partial charge in [-0.15, -0.1) is 11.8 Å². The lowest BCUT2D eigenvalue weighted by Crippen LogP contribution is -2.09. The molecule has 160 valence electrons. The largest absolute Gasteiger partial charge is 0.435 e. The lowest BCUT2D eigenvalue weighted by atomic mass is 10.1. The lowest BCUT2D eigenvalue weighted by Gasteiger charge is -2.08. The van der Waals surface area contributed by atoms with Crippen LogP contribution in [0.5, 0.6) is 0 Å². The predicted molar refractivity (Wildman–Crippen MR) is 120 cm³/mol. The van der Waals surface area contributed by atoms with Gasteiger partial charge in [-0.05, 0) is 71.6 Å². The second-order valence-electron chi connectivity index (χ2n) is 7.25. The minimum Gasteiger partial charge on any atom is -0.435 e. The fraction of sp³-hybridized carbons (Fsp3) is 0.458. The van der Waals surface area contributed by atoms with Crippen LogP contribution >= 0.6 is 11.8 Å². The molecule has 0 bridgehead atoms. The summed E-state index contributed by atoms with van der Waals surface area (Å²) in [6.45, 7) is 8.41. The summed E-state index contributed by atoms with van der Waals surface area (Å²) >= 11 is 1.49. The Morgan fingerprint density at radius 1 is 1.03 bits per heavy atom. The molecule has 0 saturated carbocycles. The number of carbonyl (C=O) groups excluding carboxylic acids is 1. The van der Waals surface area contributed by atoms with Gasteiger partial charge in [0, 0.05) is 17.8 Å². The molecule has 1 aromatic rings. The summed E-state index contributed by atoms with van der Waals surface area (Å²) in [5.41, 5.74) is 4.32. The van der Waals surface area contributed by atoms with Crippen molar-refractivity contribution in [2.24, 2.45) is 0 Å². The van der Waals surface area contributed by atoms with E-state index >= 15 is 0 Å². The van der Waals surface area contributed by atoms with Crippen molar-refractivity contribution in [3.05, 3.63) is 64.5 Å². The van der Waals surface area contributed by atoms with Gasteiger partial charge in [-0.25, -0.2) is 9.18 Å². The van der Waals surface area contributed by atoms with E-state index in [1.807, 2.05) is 0 Å². The summed E-state index contributed by atoms with van der Waals surface area (Å²) in [5, 5.41) is 0. The molecule has 1 aromatic carbocycles. The predicted octanol–water partition coefficient (Wildman–Crippen LogP) is 7.10. The molecule has 0 aromatic heterocycles. The van der Waals surface area contributed by atoms with E-state index in [4.69, 9.17) is 9.47 Å². The van der Waals surface area contributed by atoms with Crippen LogP contribution in [0.25, 0.3) is 0 Å². The van der Waals surface area contributed by atoms with E-state index in [-0.39, 0.29) is 12.4 Å². The Morgan fingerprint density at radius 3 is 2.34 bits per heavy atom. The average Bonchev–Trinajstić information content (AvgIpc) is 2.66. The maximum absolute atomic E-state index is 13.5. The molecule has 0 aliphatic rings. The fourth-order valence-corrected chi connectivity index (χ4v) is 3.60. The monoisotopic (exact) mass is 420 g/mol. The zero-order valence-corrected chi connectivity index (χ0v) is 19.0. The number of thioether (sulfide) groups is 1. The number of hydrogen-bond donors (Lipinski definition) is 0. The van der Waals surface area contributed by atoms with Crippen LogP contribution in [-0.4, -0.2) is 25.6 Å². The van der Waals surface area contributed by atoms with Gasteiger partial charge in [0.25, 0.3) is 0 Å². The highest BCUT2D eigenvalue weighted by Crippen LogP contribution is 2.25. The third kappa shape index (κ3) is 11.1. The quantitative estimate of drug-likeness (QED) is 0.156. The average molecular weight is 421 g/mol. The second kappa shape index (κ2) is 14.2. The molecule has 1 rings (SSSR count). The van der Waals surface area contributed by atoms with Gasteiger partial charge in [0.15, 0.2) is 6.79 Å². The van der Waals surface area contributed by atoms with Crippen LogP contribution in [0.4, 0.5) is 4.39 Å². The van der Waals surface area contributed by atoms with E-state index in [1.165, 1.54) is 47.7 Å². The van der Waals surface area contributed by atoms with Gasteiger partial charge in [0.2, 0.25) is 0 Å². The van der Waals surface area contributed by atoms with Crippen LogP contribution in [0.1, 0.15) is 63.7 Å². The first-order valence-electron chi connectivity index (χ1n) is 9.86. The molecule has 5 heteroatoms. The van der Waals surface area contributed by atoms with Crippen molar-refractivity contribution < 1.29 is 18.7 Å². The van der Waals surface area contributed by atoms with E-state index in [9.17, 15) is 9.18 Å². The van der Waals surface area contributed by atoms with Gasteiger partial charge >= 0.3 is 5.97 Å². The van der Waals surface area contributed by atoms with Crippen LogP contribution in [0.2, 0.25) is 0 Å². The van der Waals surface area contributed by atoms with E-state index < -0.39 is 11.8 Å². The molecule has 0 amide bonds. The Labute approximate surface area is 179 Å². The van der Waals surface area contributed by atoms with Crippen molar-refractivity contribution in [3.8, 4) is 0 Å². The molecule has 0 aliphatic heterocycles. The van der Waals surface area contributed by atoms with Crippen molar-refractivity contribution >= 4 is 17.7 Å². The molecular weight excluding hydrogens is 387 g/mol. The molecule has 0 saturated heterocycles.